The summed E-state index contributed by atoms with van der Waals surface area (Å²) in [5.41, 5.74) is 0.926. The van der Waals surface area contributed by atoms with E-state index in [0.29, 0.717) is 24.7 Å². The lowest BCUT2D eigenvalue weighted by molar-refractivity contribution is 0.0463. The first-order valence-corrected chi connectivity index (χ1v) is 9.97. The van der Waals surface area contributed by atoms with Crippen LogP contribution in [-0.4, -0.2) is 71.7 Å². The number of aliphatic hydroxyl groups is 1. The number of hydrogen-bond acceptors (Lipinski definition) is 7. The highest BCUT2D eigenvalue weighted by molar-refractivity contribution is 6.02. The number of nitrogens with zero attached hydrogens (tertiary/aromatic N) is 3. The molecule has 158 valence electrons. The van der Waals surface area contributed by atoms with Crippen LogP contribution in [-0.2, 0) is 6.54 Å². The van der Waals surface area contributed by atoms with E-state index in [9.17, 15) is 9.90 Å². The number of rotatable bonds is 8. The van der Waals surface area contributed by atoms with Crippen LogP contribution in [0.4, 0.5) is 5.69 Å². The molecule has 3 rings (SSSR count). The van der Waals surface area contributed by atoms with Crippen molar-refractivity contribution in [2.75, 3.05) is 45.2 Å². The highest BCUT2D eigenvalue weighted by Gasteiger charge is 2.22. The van der Waals surface area contributed by atoms with E-state index in [4.69, 9.17) is 9.15 Å². The molecule has 1 aliphatic rings. The summed E-state index contributed by atoms with van der Waals surface area (Å²) in [7, 11) is 1.60. The summed E-state index contributed by atoms with van der Waals surface area (Å²) < 4.78 is 10.6. The van der Waals surface area contributed by atoms with Gasteiger partial charge in [0.1, 0.15) is 12.0 Å². The van der Waals surface area contributed by atoms with Gasteiger partial charge < -0.3 is 19.6 Å². The molecule has 8 nitrogen and oxygen atoms in total. The van der Waals surface area contributed by atoms with Crippen LogP contribution in [0.2, 0.25) is 0 Å². The first-order valence-electron chi connectivity index (χ1n) is 9.97. The van der Waals surface area contributed by atoms with Crippen molar-refractivity contribution in [2.24, 2.45) is 5.92 Å². The predicted octanol–water partition coefficient (Wildman–Crippen LogP) is 2.07. The van der Waals surface area contributed by atoms with Crippen LogP contribution in [0.15, 0.2) is 34.9 Å². The second-order valence-electron chi connectivity index (χ2n) is 7.70. The average Bonchev–Trinajstić information content (AvgIpc) is 3.18. The number of benzene rings is 1. The summed E-state index contributed by atoms with van der Waals surface area (Å²) in [5.74, 6) is 1.21. The second-order valence-corrected chi connectivity index (χ2v) is 7.70. The third-order valence-electron chi connectivity index (χ3n) is 5.17. The molecule has 1 unspecified atom stereocenters. The van der Waals surface area contributed by atoms with Gasteiger partial charge in [-0.05, 0) is 30.2 Å². The van der Waals surface area contributed by atoms with Crippen LogP contribution >= 0.6 is 0 Å². The normalized spacial score (nSPS) is 16.7. The smallest absolute Gasteiger partial charge is 0.277 e. The summed E-state index contributed by atoms with van der Waals surface area (Å²) in [4.78, 5) is 21.2. The molecule has 1 atom stereocenters. The maximum atomic E-state index is 12.4. The molecule has 29 heavy (non-hydrogen) atoms. The number of nitrogens with one attached hydrogen (secondary N) is 1. The van der Waals surface area contributed by atoms with Crippen LogP contribution in [0.1, 0.15) is 30.2 Å². The summed E-state index contributed by atoms with van der Waals surface area (Å²) in [6, 6.07) is 7.11. The van der Waals surface area contributed by atoms with E-state index >= 15 is 0 Å². The Morgan fingerprint density at radius 2 is 1.86 bits per heavy atom. The van der Waals surface area contributed by atoms with E-state index in [1.165, 1.54) is 6.26 Å². The fraction of sp³-hybridized carbons (Fsp3) is 0.524. The molecule has 0 radical (unpaired) electrons. The number of anilines is 1. The number of aliphatic hydroxyl groups excluding tert-OH is 1. The Balaban J connectivity index is 1.47. The quantitative estimate of drug-likeness (QED) is 0.698. The molecule has 2 aromatic rings. The number of carbonyl (C=O) groups is 1. The van der Waals surface area contributed by atoms with Crippen LogP contribution in [0, 0.1) is 5.92 Å². The molecule has 1 saturated heterocycles. The van der Waals surface area contributed by atoms with Crippen molar-refractivity contribution < 1.29 is 19.1 Å². The van der Waals surface area contributed by atoms with Crippen LogP contribution in [0.3, 0.4) is 0 Å². The van der Waals surface area contributed by atoms with Crippen molar-refractivity contribution in [3.8, 4) is 5.75 Å². The molecule has 8 heteroatoms. The molecule has 1 amide bonds. The Morgan fingerprint density at radius 3 is 2.48 bits per heavy atom. The van der Waals surface area contributed by atoms with E-state index < -0.39 is 0 Å². The van der Waals surface area contributed by atoms with E-state index in [1.54, 1.807) is 31.4 Å². The van der Waals surface area contributed by atoms with Gasteiger partial charge in [-0.3, -0.25) is 14.6 Å². The number of hydrogen-bond donors (Lipinski definition) is 2. The number of carbonyl (C=O) groups excluding carboxylic acids is 1. The van der Waals surface area contributed by atoms with Gasteiger partial charge in [-0.2, -0.15) is 0 Å². The van der Waals surface area contributed by atoms with Crippen LogP contribution < -0.4 is 10.1 Å². The standard InChI is InChI=1S/C21H30N4O4/c1-15(2)19(26)12-24-8-10-25(11-9-24)13-20-23-18(14-29-20)21(27)22-16-4-6-17(28-3)7-5-16/h4-7,14-15,19,26H,8-13H2,1-3H3,(H,22,27). The van der Waals surface area contributed by atoms with Crippen molar-refractivity contribution in [1.82, 2.24) is 14.8 Å². The van der Waals surface area contributed by atoms with Crippen molar-refractivity contribution in [1.29, 1.82) is 0 Å². The van der Waals surface area contributed by atoms with Crippen LogP contribution in [0.5, 0.6) is 5.75 Å². The number of methoxy groups -OCH3 is 1. The third kappa shape index (κ3) is 6.03. The van der Waals surface area contributed by atoms with E-state index in [2.05, 4.69) is 20.1 Å². The number of piperazine rings is 1. The van der Waals surface area contributed by atoms with Gasteiger partial charge in [-0.1, -0.05) is 13.8 Å². The predicted molar refractivity (Wildman–Crippen MR) is 110 cm³/mol. The van der Waals surface area contributed by atoms with Crippen molar-refractivity contribution in [3.05, 3.63) is 42.1 Å². The third-order valence-corrected chi connectivity index (χ3v) is 5.17. The van der Waals surface area contributed by atoms with Crippen molar-refractivity contribution in [3.63, 3.8) is 0 Å². The van der Waals surface area contributed by atoms with Gasteiger partial charge in [0.05, 0.1) is 19.8 Å². The minimum Gasteiger partial charge on any atom is -0.497 e. The fourth-order valence-corrected chi connectivity index (χ4v) is 3.15. The lowest BCUT2D eigenvalue weighted by atomic mass is 10.1. The molecule has 0 spiro atoms. The fourth-order valence-electron chi connectivity index (χ4n) is 3.15. The first kappa shape index (κ1) is 21.3. The van der Waals surface area contributed by atoms with Crippen molar-refractivity contribution in [2.45, 2.75) is 26.5 Å². The van der Waals surface area contributed by atoms with E-state index in [-0.39, 0.29) is 23.6 Å². The SMILES string of the molecule is COc1ccc(NC(=O)c2coc(CN3CCN(CC(O)C(C)C)CC3)n2)cc1. The van der Waals surface area contributed by atoms with Gasteiger partial charge in [0.15, 0.2) is 5.69 Å². The number of aromatic nitrogens is 1. The van der Waals surface area contributed by atoms with Gasteiger partial charge in [0.25, 0.3) is 5.91 Å². The molecule has 1 aliphatic heterocycles. The molecular formula is C21H30N4O4. The Kier molecular flexibility index (Phi) is 7.24. The Hall–Kier alpha value is -2.42. The zero-order valence-corrected chi connectivity index (χ0v) is 17.3. The van der Waals surface area contributed by atoms with Gasteiger partial charge in [-0.25, -0.2) is 4.98 Å². The van der Waals surface area contributed by atoms with E-state index in [1.807, 2.05) is 13.8 Å². The summed E-state index contributed by atoms with van der Waals surface area (Å²) in [6.07, 6.45) is 1.10. The van der Waals surface area contributed by atoms with Gasteiger partial charge >= 0.3 is 0 Å². The van der Waals surface area contributed by atoms with Crippen LogP contribution in [0.25, 0.3) is 0 Å². The highest BCUT2D eigenvalue weighted by Crippen LogP contribution is 2.16. The van der Waals surface area contributed by atoms with Crippen molar-refractivity contribution >= 4 is 11.6 Å². The zero-order chi connectivity index (χ0) is 20.8. The summed E-state index contributed by atoms with van der Waals surface area (Å²) in [5, 5.41) is 12.8. The molecule has 1 aromatic heterocycles. The highest BCUT2D eigenvalue weighted by atomic mass is 16.5. The largest absolute Gasteiger partial charge is 0.497 e. The average molecular weight is 402 g/mol. The minimum atomic E-state index is -0.308. The number of amides is 1. The van der Waals surface area contributed by atoms with Gasteiger partial charge in [0.2, 0.25) is 5.89 Å². The minimum absolute atomic E-state index is 0.259. The van der Waals surface area contributed by atoms with Gasteiger partial charge in [-0.15, -0.1) is 0 Å². The lowest BCUT2D eigenvalue weighted by Gasteiger charge is -2.35. The number of β-amino-alcohol motifs (C(OH)–C–C–N with tert-alkyl or cyclic N) is 1. The maximum absolute atomic E-state index is 12.4. The lowest BCUT2D eigenvalue weighted by Crippen LogP contribution is -2.48. The topological polar surface area (TPSA) is 91.1 Å². The Morgan fingerprint density at radius 1 is 1.21 bits per heavy atom. The summed E-state index contributed by atoms with van der Waals surface area (Å²) in [6.45, 7) is 8.89. The Bertz CT molecular complexity index is 782. The van der Waals surface area contributed by atoms with E-state index in [0.717, 1.165) is 31.9 Å². The second kappa shape index (κ2) is 9.87. The molecule has 0 saturated carbocycles. The molecular weight excluding hydrogens is 372 g/mol. The first-order chi connectivity index (χ1) is 13.9. The molecule has 0 aliphatic carbocycles. The molecule has 1 aromatic carbocycles. The molecule has 2 heterocycles. The maximum Gasteiger partial charge on any atom is 0.277 e. The number of ether oxygens (including phenoxy) is 1. The van der Waals surface area contributed by atoms with Gasteiger partial charge in [0, 0.05) is 38.4 Å². The zero-order valence-electron chi connectivity index (χ0n) is 17.3. The number of oxazole rings is 1. The molecule has 1 fully saturated rings. The summed E-state index contributed by atoms with van der Waals surface area (Å²) >= 11 is 0. The Labute approximate surface area is 171 Å². The molecule has 2 N–H and O–H groups in total. The monoisotopic (exact) mass is 402 g/mol. The molecule has 0 bridgehead atoms.